The maximum atomic E-state index is 6.35. The lowest BCUT2D eigenvalue weighted by molar-refractivity contribution is 0.417. The molecule has 0 fully saturated rings. The van der Waals surface area contributed by atoms with Gasteiger partial charge in [-0.1, -0.05) is 62.4 Å². The first kappa shape index (κ1) is 18.4. The van der Waals surface area contributed by atoms with Gasteiger partial charge < -0.3 is 9.88 Å². The lowest BCUT2D eigenvalue weighted by atomic mass is 9.99. The van der Waals surface area contributed by atoms with Crippen LogP contribution in [0.4, 0.5) is 0 Å². The Morgan fingerprint density at radius 2 is 1.96 bits per heavy atom. The SMILES string of the molecule is CCCCC(CC)CNCc1cccn1-c1cccc(Cl)c1Cl. The van der Waals surface area contributed by atoms with E-state index in [9.17, 15) is 0 Å². The van der Waals surface area contributed by atoms with Crippen molar-refractivity contribution in [3.05, 3.63) is 52.3 Å². The lowest BCUT2D eigenvalue weighted by Crippen LogP contribution is -2.23. The molecule has 0 saturated carbocycles. The summed E-state index contributed by atoms with van der Waals surface area (Å²) in [5.41, 5.74) is 2.12. The highest BCUT2D eigenvalue weighted by molar-refractivity contribution is 6.43. The summed E-state index contributed by atoms with van der Waals surface area (Å²) in [6, 6.07) is 9.90. The van der Waals surface area contributed by atoms with Gasteiger partial charge in [0.15, 0.2) is 0 Å². The number of aromatic nitrogens is 1. The largest absolute Gasteiger partial charge is 0.318 e. The lowest BCUT2D eigenvalue weighted by Gasteiger charge is -2.16. The molecular weight excluding hydrogens is 327 g/mol. The van der Waals surface area contributed by atoms with Crippen LogP contribution >= 0.6 is 23.2 Å². The van der Waals surface area contributed by atoms with Crippen LogP contribution in [-0.4, -0.2) is 11.1 Å². The number of halogens is 2. The molecule has 0 amide bonds. The highest BCUT2D eigenvalue weighted by Gasteiger charge is 2.10. The van der Waals surface area contributed by atoms with Crippen LogP contribution in [0.3, 0.4) is 0 Å². The molecule has 0 bridgehead atoms. The number of hydrogen-bond donors (Lipinski definition) is 1. The average Bonchev–Trinajstić information content (AvgIpc) is 3.01. The van der Waals surface area contributed by atoms with Crippen molar-refractivity contribution in [3.8, 4) is 5.69 Å². The molecule has 126 valence electrons. The molecule has 1 aromatic carbocycles. The Morgan fingerprint density at radius 3 is 2.70 bits per heavy atom. The van der Waals surface area contributed by atoms with Gasteiger partial charge in [0.25, 0.3) is 0 Å². The highest BCUT2D eigenvalue weighted by atomic mass is 35.5. The quantitative estimate of drug-likeness (QED) is 0.577. The van der Waals surface area contributed by atoms with E-state index < -0.39 is 0 Å². The van der Waals surface area contributed by atoms with Crippen LogP contribution in [0, 0.1) is 5.92 Å². The van der Waals surface area contributed by atoms with Gasteiger partial charge in [0.2, 0.25) is 0 Å². The van der Waals surface area contributed by atoms with E-state index in [4.69, 9.17) is 23.2 Å². The number of nitrogens with one attached hydrogen (secondary N) is 1. The van der Waals surface area contributed by atoms with Crippen molar-refractivity contribution in [3.63, 3.8) is 0 Å². The summed E-state index contributed by atoms with van der Waals surface area (Å²) in [6.07, 6.45) is 7.15. The minimum atomic E-state index is 0.586. The van der Waals surface area contributed by atoms with Crippen LogP contribution in [0.25, 0.3) is 5.69 Å². The van der Waals surface area contributed by atoms with Crippen molar-refractivity contribution in [2.75, 3.05) is 6.54 Å². The first-order valence-corrected chi connectivity index (χ1v) is 9.24. The van der Waals surface area contributed by atoms with E-state index in [2.05, 4.69) is 29.8 Å². The molecule has 0 aliphatic carbocycles. The molecule has 4 heteroatoms. The Morgan fingerprint density at radius 1 is 1.13 bits per heavy atom. The van der Waals surface area contributed by atoms with E-state index in [0.717, 1.165) is 24.7 Å². The number of hydrogen-bond acceptors (Lipinski definition) is 1. The Bertz CT molecular complexity index is 607. The van der Waals surface area contributed by atoms with E-state index in [1.54, 1.807) is 0 Å². The van der Waals surface area contributed by atoms with Crippen LogP contribution in [-0.2, 0) is 6.54 Å². The topological polar surface area (TPSA) is 17.0 Å². The Kier molecular flexibility index (Phi) is 7.48. The molecule has 1 unspecified atom stereocenters. The van der Waals surface area contributed by atoms with Crippen molar-refractivity contribution >= 4 is 23.2 Å². The maximum Gasteiger partial charge on any atom is 0.0832 e. The van der Waals surface area contributed by atoms with E-state index in [1.807, 2.05) is 30.5 Å². The molecule has 0 aliphatic heterocycles. The molecular formula is C19H26Cl2N2. The molecule has 23 heavy (non-hydrogen) atoms. The Hall–Kier alpha value is -0.960. The molecule has 2 aromatic rings. The normalized spacial score (nSPS) is 12.5. The Balaban J connectivity index is 2.00. The van der Waals surface area contributed by atoms with E-state index >= 15 is 0 Å². The predicted octanol–water partition coefficient (Wildman–Crippen LogP) is 6.09. The minimum Gasteiger partial charge on any atom is -0.318 e. The van der Waals surface area contributed by atoms with Crippen LogP contribution < -0.4 is 5.32 Å². The second-order valence-corrected chi connectivity index (χ2v) is 6.78. The molecule has 1 N–H and O–H groups in total. The van der Waals surface area contributed by atoms with Gasteiger partial charge in [-0.25, -0.2) is 0 Å². The summed E-state index contributed by atoms with van der Waals surface area (Å²) in [5.74, 6) is 0.758. The molecule has 2 nitrogen and oxygen atoms in total. The molecule has 2 rings (SSSR count). The summed E-state index contributed by atoms with van der Waals surface area (Å²) in [7, 11) is 0. The minimum absolute atomic E-state index is 0.586. The van der Waals surface area contributed by atoms with Gasteiger partial charge in [0.05, 0.1) is 15.7 Å². The van der Waals surface area contributed by atoms with Crippen LogP contribution in [0.1, 0.15) is 45.2 Å². The van der Waals surface area contributed by atoms with Gasteiger partial charge in [-0.15, -0.1) is 0 Å². The standard InChI is InChI=1S/C19H26Cl2N2/c1-3-5-8-15(4-2)13-22-14-16-9-7-12-23(16)18-11-6-10-17(20)19(18)21/h6-7,9-12,15,22H,3-5,8,13-14H2,1-2H3. The van der Waals surface area contributed by atoms with E-state index in [1.165, 1.54) is 31.4 Å². The smallest absolute Gasteiger partial charge is 0.0832 e. The maximum absolute atomic E-state index is 6.35. The zero-order valence-electron chi connectivity index (χ0n) is 14.0. The third-order valence-corrected chi connectivity index (χ3v) is 5.12. The Labute approximate surface area is 149 Å². The van der Waals surface area contributed by atoms with Crippen molar-refractivity contribution in [1.29, 1.82) is 0 Å². The van der Waals surface area contributed by atoms with Gasteiger partial charge >= 0.3 is 0 Å². The first-order chi connectivity index (χ1) is 11.2. The molecule has 1 atom stereocenters. The molecule has 1 aromatic heterocycles. The molecule has 0 spiro atoms. The number of benzene rings is 1. The van der Waals surface area contributed by atoms with E-state index in [-0.39, 0.29) is 0 Å². The van der Waals surface area contributed by atoms with E-state index in [0.29, 0.717) is 10.0 Å². The second-order valence-electron chi connectivity index (χ2n) is 5.99. The van der Waals surface area contributed by atoms with Crippen molar-refractivity contribution in [1.82, 2.24) is 9.88 Å². The fraction of sp³-hybridized carbons (Fsp3) is 0.474. The van der Waals surface area contributed by atoms with Crippen molar-refractivity contribution < 1.29 is 0 Å². The second kappa shape index (κ2) is 9.36. The number of unbranched alkanes of at least 4 members (excludes halogenated alkanes) is 1. The van der Waals surface area contributed by atoms with Crippen molar-refractivity contribution in [2.24, 2.45) is 5.92 Å². The highest BCUT2D eigenvalue weighted by Crippen LogP contribution is 2.29. The molecule has 0 radical (unpaired) electrons. The van der Waals surface area contributed by atoms with Gasteiger partial charge in [-0.05, 0) is 43.1 Å². The van der Waals surface area contributed by atoms with Gasteiger partial charge in [0, 0.05) is 18.4 Å². The fourth-order valence-electron chi connectivity index (χ4n) is 2.82. The molecule has 1 heterocycles. The van der Waals surface area contributed by atoms with Crippen LogP contribution in [0.15, 0.2) is 36.5 Å². The first-order valence-electron chi connectivity index (χ1n) is 8.48. The summed E-state index contributed by atoms with van der Waals surface area (Å²) in [5, 5.41) is 4.78. The third kappa shape index (κ3) is 5.00. The molecule has 0 saturated heterocycles. The summed E-state index contributed by atoms with van der Waals surface area (Å²) in [4.78, 5) is 0. The van der Waals surface area contributed by atoms with Crippen LogP contribution in [0.2, 0.25) is 10.0 Å². The monoisotopic (exact) mass is 352 g/mol. The third-order valence-electron chi connectivity index (χ3n) is 4.31. The summed E-state index contributed by atoms with van der Waals surface area (Å²) >= 11 is 12.5. The predicted molar refractivity (Wildman–Crippen MR) is 101 cm³/mol. The molecule has 0 aliphatic rings. The zero-order chi connectivity index (χ0) is 16.7. The van der Waals surface area contributed by atoms with Gasteiger partial charge in [0.1, 0.15) is 0 Å². The fourth-order valence-corrected chi connectivity index (χ4v) is 3.21. The summed E-state index contributed by atoms with van der Waals surface area (Å²) < 4.78 is 2.11. The zero-order valence-corrected chi connectivity index (χ0v) is 15.5. The van der Waals surface area contributed by atoms with Crippen molar-refractivity contribution in [2.45, 2.75) is 46.1 Å². The number of rotatable bonds is 9. The van der Waals surface area contributed by atoms with Gasteiger partial charge in [-0.3, -0.25) is 0 Å². The summed E-state index contributed by atoms with van der Waals surface area (Å²) in [6.45, 7) is 6.42. The van der Waals surface area contributed by atoms with Crippen LogP contribution in [0.5, 0.6) is 0 Å². The van der Waals surface area contributed by atoms with Gasteiger partial charge in [-0.2, -0.15) is 0 Å². The number of nitrogens with zero attached hydrogens (tertiary/aromatic N) is 1. The average molecular weight is 353 g/mol.